The van der Waals surface area contributed by atoms with Crippen molar-refractivity contribution in [3.05, 3.63) is 36.4 Å². The highest BCUT2D eigenvalue weighted by molar-refractivity contribution is 6.73. The van der Waals surface area contributed by atoms with Crippen molar-refractivity contribution in [2.45, 2.75) is 46.5 Å². The van der Waals surface area contributed by atoms with Gasteiger partial charge in [-0.15, -0.1) is 0 Å². The van der Waals surface area contributed by atoms with Gasteiger partial charge in [0, 0.05) is 12.8 Å². The van der Waals surface area contributed by atoms with E-state index >= 15 is 0 Å². The van der Waals surface area contributed by atoms with E-state index in [9.17, 15) is 0 Å². The van der Waals surface area contributed by atoms with Crippen LogP contribution >= 0.6 is 0 Å². The lowest BCUT2D eigenvalue weighted by molar-refractivity contribution is 0.188. The van der Waals surface area contributed by atoms with Crippen LogP contribution in [0, 0.1) is 0 Å². The zero-order valence-corrected chi connectivity index (χ0v) is 16.5. The molecule has 3 heteroatoms. The summed E-state index contributed by atoms with van der Waals surface area (Å²) in [4.78, 5) is 2.68. The number of hydrogen-bond donors (Lipinski definition) is 0. The molecule has 1 rings (SSSR count). The minimum atomic E-state index is -1.14. The Labute approximate surface area is 145 Å². The third kappa shape index (κ3) is 7.96. The fourth-order valence-electron chi connectivity index (χ4n) is 2.82. The standard InChI is InChI=1S/C20H35NOSi/c1-5-9-14-21(15-10-6-2)17-23(18-22-8-4)20-13-11-12-19(7-3)16-20/h7,11-13,16,23H,3,5-6,8-10,14-15,17-18H2,1-2,4H3. The molecule has 0 radical (unpaired) electrons. The molecule has 0 saturated heterocycles. The maximum absolute atomic E-state index is 5.84. The Morgan fingerprint density at radius 1 is 1.13 bits per heavy atom. The largest absolute Gasteiger partial charge is 0.385 e. The van der Waals surface area contributed by atoms with E-state index in [0.29, 0.717) is 0 Å². The van der Waals surface area contributed by atoms with Gasteiger partial charge in [-0.1, -0.05) is 68.8 Å². The van der Waals surface area contributed by atoms with E-state index in [2.05, 4.69) is 56.5 Å². The summed E-state index contributed by atoms with van der Waals surface area (Å²) in [5.74, 6) is 0. The number of unbranched alkanes of at least 4 members (excludes halogenated alkanes) is 2. The minimum absolute atomic E-state index is 0.814. The molecule has 0 amide bonds. The maximum Gasteiger partial charge on any atom is 0.114 e. The molecule has 0 spiro atoms. The molecule has 1 unspecified atom stereocenters. The SMILES string of the molecule is C=Cc1cccc([SiH](COCC)CN(CCCC)CCCC)c1. The molecule has 0 aliphatic rings. The highest BCUT2D eigenvalue weighted by atomic mass is 28.3. The number of ether oxygens (including phenoxy) is 1. The molecule has 1 aromatic rings. The van der Waals surface area contributed by atoms with Gasteiger partial charge in [-0.3, -0.25) is 0 Å². The van der Waals surface area contributed by atoms with Crippen LogP contribution in [0.4, 0.5) is 0 Å². The van der Waals surface area contributed by atoms with Crippen molar-refractivity contribution >= 4 is 20.1 Å². The Morgan fingerprint density at radius 2 is 1.83 bits per heavy atom. The lowest BCUT2D eigenvalue weighted by Crippen LogP contribution is -2.47. The first-order chi connectivity index (χ1) is 11.2. The van der Waals surface area contributed by atoms with Gasteiger partial charge in [0.2, 0.25) is 0 Å². The van der Waals surface area contributed by atoms with E-state index in [-0.39, 0.29) is 0 Å². The van der Waals surface area contributed by atoms with Gasteiger partial charge in [-0.2, -0.15) is 0 Å². The molecule has 1 atom stereocenters. The topological polar surface area (TPSA) is 12.5 Å². The van der Waals surface area contributed by atoms with Crippen LogP contribution in [-0.2, 0) is 4.74 Å². The van der Waals surface area contributed by atoms with Crippen molar-refractivity contribution < 1.29 is 4.74 Å². The first kappa shape index (κ1) is 20.1. The molecule has 0 aromatic heterocycles. The van der Waals surface area contributed by atoms with Crippen molar-refractivity contribution in [2.24, 2.45) is 0 Å². The molecule has 1 aromatic carbocycles. The molecule has 2 nitrogen and oxygen atoms in total. The van der Waals surface area contributed by atoms with E-state index in [4.69, 9.17) is 4.74 Å². The Hall–Kier alpha value is -0.903. The second kappa shape index (κ2) is 12.5. The van der Waals surface area contributed by atoms with E-state index in [1.807, 2.05) is 6.08 Å². The second-order valence-corrected chi connectivity index (χ2v) is 9.00. The van der Waals surface area contributed by atoms with Gasteiger partial charge >= 0.3 is 0 Å². The lowest BCUT2D eigenvalue weighted by Gasteiger charge is -2.27. The van der Waals surface area contributed by atoms with Gasteiger partial charge in [0.05, 0.1) is 0 Å². The van der Waals surface area contributed by atoms with Gasteiger partial charge < -0.3 is 9.64 Å². The highest BCUT2D eigenvalue weighted by Gasteiger charge is 2.18. The van der Waals surface area contributed by atoms with Gasteiger partial charge in [0.25, 0.3) is 0 Å². The molecular weight excluding hydrogens is 298 g/mol. The monoisotopic (exact) mass is 333 g/mol. The zero-order valence-electron chi connectivity index (χ0n) is 15.4. The molecule has 0 saturated carbocycles. The number of benzene rings is 1. The summed E-state index contributed by atoms with van der Waals surface area (Å²) in [5.41, 5.74) is 1.23. The van der Waals surface area contributed by atoms with E-state index in [1.54, 1.807) is 0 Å². The van der Waals surface area contributed by atoms with Gasteiger partial charge in [-0.25, -0.2) is 0 Å². The van der Waals surface area contributed by atoms with Crippen LogP contribution in [0.3, 0.4) is 0 Å². The molecule has 130 valence electrons. The van der Waals surface area contributed by atoms with Crippen molar-refractivity contribution in [2.75, 3.05) is 32.1 Å². The molecule has 0 bridgehead atoms. The van der Waals surface area contributed by atoms with Gasteiger partial charge in [0.1, 0.15) is 8.80 Å². The van der Waals surface area contributed by atoms with Crippen molar-refractivity contribution in [1.29, 1.82) is 0 Å². The molecule has 0 aliphatic carbocycles. The minimum Gasteiger partial charge on any atom is -0.385 e. The first-order valence-electron chi connectivity index (χ1n) is 9.27. The Bertz CT molecular complexity index is 427. The number of nitrogens with zero attached hydrogens (tertiary/aromatic N) is 1. The van der Waals surface area contributed by atoms with E-state index in [0.717, 1.165) is 12.8 Å². The van der Waals surface area contributed by atoms with E-state index < -0.39 is 8.80 Å². The van der Waals surface area contributed by atoms with Crippen LogP contribution in [-0.4, -0.2) is 45.8 Å². The maximum atomic E-state index is 5.84. The van der Waals surface area contributed by atoms with Crippen LogP contribution in [0.15, 0.2) is 30.8 Å². The van der Waals surface area contributed by atoms with Gasteiger partial charge in [0.15, 0.2) is 0 Å². The van der Waals surface area contributed by atoms with Crippen LogP contribution in [0.25, 0.3) is 6.08 Å². The van der Waals surface area contributed by atoms with Gasteiger partial charge in [-0.05, 0) is 44.6 Å². The second-order valence-electron chi connectivity index (χ2n) is 6.24. The van der Waals surface area contributed by atoms with Crippen LogP contribution in [0.1, 0.15) is 52.0 Å². The fourth-order valence-corrected chi connectivity index (χ4v) is 5.65. The number of hydrogen-bond acceptors (Lipinski definition) is 2. The molecule has 0 aliphatic heterocycles. The van der Waals surface area contributed by atoms with E-state index in [1.165, 1.54) is 55.7 Å². The third-order valence-corrected chi connectivity index (χ3v) is 7.17. The average Bonchev–Trinajstić information content (AvgIpc) is 2.60. The summed E-state index contributed by atoms with van der Waals surface area (Å²) >= 11 is 0. The van der Waals surface area contributed by atoms with Crippen molar-refractivity contribution in [3.8, 4) is 0 Å². The Morgan fingerprint density at radius 3 is 2.39 bits per heavy atom. The van der Waals surface area contributed by atoms with Crippen LogP contribution < -0.4 is 5.19 Å². The molecule has 0 N–H and O–H groups in total. The zero-order chi connectivity index (χ0) is 16.9. The molecule has 23 heavy (non-hydrogen) atoms. The summed E-state index contributed by atoms with van der Waals surface area (Å²) in [6.07, 6.45) is 9.24. The summed E-state index contributed by atoms with van der Waals surface area (Å²) in [6, 6.07) is 8.91. The molecular formula is C20H35NOSi. The Kier molecular flexibility index (Phi) is 11.0. The lowest BCUT2D eigenvalue weighted by atomic mass is 10.2. The van der Waals surface area contributed by atoms with Crippen LogP contribution in [0.2, 0.25) is 0 Å². The Balaban J connectivity index is 2.82. The normalized spacial score (nSPS) is 12.5. The fraction of sp³-hybridized carbons (Fsp3) is 0.600. The number of rotatable bonds is 13. The summed E-state index contributed by atoms with van der Waals surface area (Å²) in [6.45, 7) is 13.8. The highest BCUT2D eigenvalue weighted by Crippen LogP contribution is 2.04. The van der Waals surface area contributed by atoms with Crippen molar-refractivity contribution in [1.82, 2.24) is 4.90 Å². The van der Waals surface area contributed by atoms with Crippen molar-refractivity contribution in [3.63, 3.8) is 0 Å². The summed E-state index contributed by atoms with van der Waals surface area (Å²) < 4.78 is 5.84. The average molecular weight is 334 g/mol. The smallest absolute Gasteiger partial charge is 0.114 e. The quantitative estimate of drug-likeness (QED) is 0.509. The van der Waals surface area contributed by atoms with Crippen LogP contribution in [0.5, 0.6) is 0 Å². The predicted octanol–water partition coefficient (Wildman–Crippen LogP) is 3.78. The first-order valence-corrected chi connectivity index (χ1v) is 11.5. The molecule has 0 fully saturated rings. The third-order valence-electron chi connectivity index (χ3n) is 4.28. The summed E-state index contributed by atoms with van der Waals surface area (Å²) in [5, 5.41) is 1.51. The predicted molar refractivity (Wildman–Crippen MR) is 106 cm³/mol. The molecule has 0 heterocycles. The summed E-state index contributed by atoms with van der Waals surface area (Å²) in [7, 11) is -1.14.